The van der Waals surface area contributed by atoms with Crippen LogP contribution >= 0.6 is 0 Å². The molecule has 0 fully saturated rings. The molecule has 0 aromatic heterocycles. The monoisotopic (exact) mass is 319 g/mol. The predicted molar refractivity (Wildman–Crippen MR) is 97.2 cm³/mol. The second kappa shape index (κ2) is 10.5. The average Bonchev–Trinajstić information content (AvgIpc) is 2.53. The van der Waals surface area contributed by atoms with E-state index in [1.165, 1.54) is 5.56 Å². The van der Waals surface area contributed by atoms with Crippen molar-refractivity contribution < 1.29 is 9.84 Å². The third-order valence-corrected chi connectivity index (χ3v) is 3.79. The number of hydrogen-bond donors (Lipinski definition) is 2. The summed E-state index contributed by atoms with van der Waals surface area (Å²) in [6.07, 6.45) is 2.94. The van der Waals surface area contributed by atoms with Crippen LogP contribution in [0, 0.1) is 5.41 Å². The van der Waals surface area contributed by atoms with Gasteiger partial charge in [0, 0.05) is 12.0 Å². The number of nitrogens with one attached hydrogen (secondary N) is 1. The highest BCUT2D eigenvalue weighted by Crippen LogP contribution is 2.30. The average molecular weight is 319 g/mol. The van der Waals surface area contributed by atoms with Crippen molar-refractivity contribution >= 4 is 0 Å². The van der Waals surface area contributed by atoms with Crippen LogP contribution in [-0.2, 0) is 11.3 Å². The van der Waals surface area contributed by atoms with Crippen LogP contribution in [0.1, 0.15) is 52.5 Å². The molecule has 1 rings (SSSR count). The zero-order chi connectivity index (χ0) is 17.1. The summed E-state index contributed by atoms with van der Waals surface area (Å²) in [4.78, 5) is 0. The van der Waals surface area contributed by atoms with E-state index in [9.17, 15) is 5.11 Å². The fraction of sp³-hybridized carbons (Fsp3) is 0.600. The third-order valence-electron chi connectivity index (χ3n) is 3.79. The lowest BCUT2D eigenvalue weighted by Crippen LogP contribution is -2.18. The molecule has 23 heavy (non-hydrogen) atoms. The number of ether oxygens (including phenoxy) is 1. The highest BCUT2D eigenvalue weighted by Gasteiger charge is 2.22. The fourth-order valence-electron chi connectivity index (χ4n) is 2.55. The maximum atomic E-state index is 9.49. The SMILES string of the molecule is CC/C(CO)=C(/OCCCCNCc1ccccc1)C(C)(C)C. The van der Waals surface area contributed by atoms with Crippen LogP contribution in [0.3, 0.4) is 0 Å². The number of allylic oxidation sites excluding steroid dienone is 1. The molecular weight excluding hydrogens is 286 g/mol. The molecule has 1 aromatic rings. The first-order valence-corrected chi connectivity index (χ1v) is 8.69. The van der Waals surface area contributed by atoms with Crippen molar-refractivity contribution in [2.45, 2.75) is 53.5 Å². The van der Waals surface area contributed by atoms with E-state index < -0.39 is 0 Å². The van der Waals surface area contributed by atoms with Crippen LogP contribution in [0.25, 0.3) is 0 Å². The van der Waals surface area contributed by atoms with Crippen molar-refractivity contribution in [2.24, 2.45) is 5.41 Å². The first-order valence-electron chi connectivity index (χ1n) is 8.69. The molecule has 130 valence electrons. The first-order chi connectivity index (χ1) is 11.0. The number of benzene rings is 1. The van der Waals surface area contributed by atoms with Crippen LogP contribution in [0.5, 0.6) is 0 Å². The van der Waals surface area contributed by atoms with Crippen LogP contribution in [0.15, 0.2) is 41.7 Å². The van der Waals surface area contributed by atoms with E-state index in [4.69, 9.17) is 4.74 Å². The Morgan fingerprint density at radius 3 is 2.39 bits per heavy atom. The molecule has 1 aromatic carbocycles. The molecule has 0 aliphatic heterocycles. The Kier molecular flexibility index (Phi) is 8.97. The highest BCUT2D eigenvalue weighted by atomic mass is 16.5. The van der Waals surface area contributed by atoms with Gasteiger partial charge in [-0.1, -0.05) is 58.0 Å². The number of aliphatic hydroxyl groups is 1. The molecule has 0 radical (unpaired) electrons. The van der Waals surface area contributed by atoms with Crippen LogP contribution < -0.4 is 5.32 Å². The van der Waals surface area contributed by atoms with E-state index in [0.717, 1.165) is 43.7 Å². The summed E-state index contributed by atoms with van der Waals surface area (Å²) in [5, 5.41) is 13.0. The molecule has 3 nitrogen and oxygen atoms in total. The zero-order valence-electron chi connectivity index (χ0n) is 15.2. The van der Waals surface area contributed by atoms with Crippen molar-refractivity contribution in [1.82, 2.24) is 5.32 Å². The van der Waals surface area contributed by atoms with Crippen molar-refractivity contribution in [2.75, 3.05) is 19.8 Å². The zero-order valence-corrected chi connectivity index (χ0v) is 15.2. The van der Waals surface area contributed by atoms with Gasteiger partial charge in [0.25, 0.3) is 0 Å². The van der Waals surface area contributed by atoms with Crippen molar-refractivity contribution in [3.05, 3.63) is 47.2 Å². The van der Waals surface area contributed by atoms with Gasteiger partial charge in [0.1, 0.15) is 5.76 Å². The number of aliphatic hydroxyl groups excluding tert-OH is 1. The Morgan fingerprint density at radius 2 is 1.83 bits per heavy atom. The predicted octanol–water partition coefficient (Wildman–Crippen LogP) is 4.28. The third kappa shape index (κ3) is 7.67. The summed E-state index contributed by atoms with van der Waals surface area (Å²) in [6, 6.07) is 10.4. The van der Waals surface area contributed by atoms with E-state index in [1.807, 2.05) is 6.07 Å². The summed E-state index contributed by atoms with van der Waals surface area (Å²) in [7, 11) is 0. The molecule has 0 aliphatic carbocycles. The van der Waals surface area contributed by atoms with Gasteiger partial charge in [0.2, 0.25) is 0 Å². The van der Waals surface area contributed by atoms with Gasteiger partial charge in [-0.2, -0.15) is 0 Å². The molecule has 0 atom stereocenters. The molecular formula is C20H33NO2. The minimum absolute atomic E-state index is 0.0559. The highest BCUT2D eigenvalue weighted by molar-refractivity contribution is 5.15. The minimum atomic E-state index is -0.0559. The summed E-state index contributed by atoms with van der Waals surface area (Å²) in [5.74, 6) is 0.958. The molecule has 0 aliphatic rings. The molecule has 0 heterocycles. The standard InChI is InChI=1S/C20H33NO2/c1-5-18(16-22)19(20(2,3)4)23-14-10-9-13-21-15-17-11-7-6-8-12-17/h6-8,11-12,21-22H,5,9-10,13-16H2,1-4H3/b19-18-. The smallest absolute Gasteiger partial charge is 0.103 e. The largest absolute Gasteiger partial charge is 0.497 e. The van der Waals surface area contributed by atoms with Crippen LogP contribution in [0.4, 0.5) is 0 Å². The molecule has 3 heteroatoms. The lowest BCUT2D eigenvalue weighted by molar-refractivity contribution is 0.138. The fourth-order valence-corrected chi connectivity index (χ4v) is 2.55. The Hall–Kier alpha value is -1.32. The molecule has 0 amide bonds. The summed E-state index contributed by atoms with van der Waals surface area (Å²) >= 11 is 0. The topological polar surface area (TPSA) is 41.5 Å². The van der Waals surface area contributed by atoms with E-state index in [2.05, 4.69) is 57.3 Å². The van der Waals surface area contributed by atoms with Gasteiger partial charge in [-0.05, 0) is 36.9 Å². The van der Waals surface area contributed by atoms with Gasteiger partial charge in [-0.3, -0.25) is 0 Å². The minimum Gasteiger partial charge on any atom is -0.497 e. The molecule has 0 saturated heterocycles. The van der Waals surface area contributed by atoms with Crippen LogP contribution in [-0.4, -0.2) is 24.9 Å². The van der Waals surface area contributed by atoms with Crippen molar-refractivity contribution in [3.8, 4) is 0 Å². The van der Waals surface area contributed by atoms with Gasteiger partial charge in [0.15, 0.2) is 0 Å². The molecule has 0 spiro atoms. The summed E-state index contributed by atoms with van der Waals surface area (Å²) in [6.45, 7) is 11.2. The van der Waals surface area contributed by atoms with Gasteiger partial charge in [0.05, 0.1) is 13.2 Å². The Bertz CT molecular complexity index is 454. The van der Waals surface area contributed by atoms with Gasteiger partial charge in [-0.25, -0.2) is 0 Å². The lowest BCUT2D eigenvalue weighted by atomic mass is 9.90. The molecule has 2 N–H and O–H groups in total. The maximum absolute atomic E-state index is 9.49. The van der Waals surface area contributed by atoms with Gasteiger partial charge in [-0.15, -0.1) is 0 Å². The Labute approximate surface area is 141 Å². The number of rotatable bonds is 10. The second-order valence-electron chi connectivity index (χ2n) is 6.91. The van der Waals surface area contributed by atoms with Gasteiger partial charge >= 0.3 is 0 Å². The molecule has 0 bridgehead atoms. The normalized spacial score (nSPS) is 12.9. The van der Waals surface area contributed by atoms with E-state index >= 15 is 0 Å². The van der Waals surface area contributed by atoms with Gasteiger partial charge < -0.3 is 15.2 Å². The first kappa shape index (κ1) is 19.7. The van der Waals surface area contributed by atoms with Crippen molar-refractivity contribution in [1.29, 1.82) is 0 Å². The van der Waals surface area contributed by atoms with E-state index in [0.29, 0.717) is 6.61 Å². The molecule has 0 saturated carbocycles. The number of hydrogen-bond acceptors (Lipinski definition) is 3. The summed E-state index contributed by atoms with van der Waals surface area (Å²) in [5.41, 5.74) is 2.27. The Morgan fingerprint density at radius 1 is 1.13 bits per heavy atom. The van der Waals surface area contributed by atoms with E-state index in [-0.39, 0.29) is 12.0 Å². The van der Waals surface area contributed by atoms with Crippen LogP contribution in [0.2, 0.25) is 0 Å². The summed E-state index contributed by atoms with van der Waals surface area (Å²) < 4.78 is 6.01. The molecule has 0 unspecified atom stereocenters. The maximum Gasteiger partial charge on any atom is 0.103 e. The van der Waals surface area contributed by atoms with Crippen molar-refractivity contribution in [3.63, 3.8) is 0 Å². The Balaban J connectivity index is 2.26. The second-order valence-corrected chi connectivity index (χ2v) is 6.91. The quantitative estimate of drug-likeness (QED) is 0.500. The number of unbranched alkanes of at least 4 members (excludes halogenated alkanes) is 1. The lowest BCUT2D eigenvalue weighted by Gasteiger charge is -2.26. The van der Waals surface area contributed by atoms with E-state index in [1.54, 1.807) is 0 Å².